The van der Waals surface area contributed by atoms with Crippen LogP contribution in [0.25, 0.3) is 0 Å². The van der Waals surface area contributed by atoms with Gasteiger partial charge in [-0.25, -0.2) is 18.1 Å². The summed E-state index contributed by atoms with van der Waals surface area (Å²) in [5, 5.41) is 2.06. The fraction of sp³-hybridized carbons (Fsp3) is 0.647. The molecule has 1 heterocycles. The summed E-state index contributed by atoms with van der Waals surface area (Å²) >= 11 is 0. The molecular formula is C17H24F3N3O3S. The fourth-order valence-corrected chi connectivity index (χ4v) is 3.89. The molecule has 1 amide bonds. The van der Waals surface area contributed by atoms with E-state index in [0.29, 0.717) is 31.9 Å². The summed E-state index contributed by atoms with van der Waals surface area (Å²) in [6.45, 7) is 4.65. The minimum absolute atomic E-state index is 0.107. The van der Waals surface area contributed by atoms with Gasteiger partial charge < -0.3 is 5.32 Å². The number of aryl methyl sites for hydroxylation is 1. The number of halogens is 3. The van der Waals surface area contributed by atoms with Gasteiger partial charge in [0.05, 0.1) is 10.8 Å². The lowest BCUT2D eigenvalue weighted by Crippen LogP contribution is -2.42. The maximum Gasteiger partial charge on any atom is 0.417 e. The number of hydrogen-bond acceptors (Lipinski definition) is 4. The highest BCUT2D eigenvalue weighted by atomic mass is 32.2. The first-order chi connectivity index (χ1) is 12.4. The molecule has 1 aromatic heterocycles. The Morgan fingerprint density at radius 1 is 1.22 bits per heavy atom. The molecule has 1 aliphatic carbocycles. The zero-order valence-corrected chi connectivity index (χ0v) is 16.2. The van der Waals surface area contributed by atoms with Gasteiger partial charge in [-0.05, 0) is 58.1 Å². The lowest BCUT2D eigenvalue weighted by molar-refractivity contribution is -0.137. The molecule has 1 aromatic rings. The predicted octanol–water partition coefficient (Wildman–Crippen LogP) is 3.23. The molecule has 0 bridgehead atoms. The maximum atomic E-state index is 12.7. The largest absolute Gasteiger partial charge is 0.417 e. The van der Waals surface area contributed by atoms with Crippen molar-refractivity contribution >= 4 is 21.7 Å². The number of nitrogens with zero attached hydrogens (tertiary/aromatic N) is 1. The first kappa shape index (κ1) is 21.6. The Bertz CT molecular complexity index is 786. The monoisotopic (exact) mass is 407 g/mol. The molecule has 0 aromatic carbocycles. The number of anilines is 1. The van der Waals surface area contributed by atoms with Crippen LogP contribution in [0.15, 0.2) is 12.3 Å². The van der Waals surface area contributed by atoms with Crippen molar-refractivity contribution in [3.8, 4) is 0 Å². The van der Waals surface area contributed by atoms with Crippen LogP contribution in [0.2, 0.25) is 0 Å². The number of carbonyl (C=O) groups excluding carboxylic acids is 1. The Balaban J connectivity index is 1.93. The zero-order valence-electron chi connectivity index (χ0n) is 15.4. The molecule has 0 spiro atoms. The molecule has 2 rings (SSSR count). The Kier molecular flexibility index (Phi) is 6.51. The number of rotatable bonds is 5. The highest BCUT2D eigenvalue weighted by Crippen LogP contribution is 2.31. The number of nitrogens with one attached hydrogen (secondary N) is 2. The van der Waals surface area contributed by atoms with Gasteiger partial charge in [-0.2, -0.15) is 13.2 Å². The van der Waals surface area contributed by atoms with E-state index in [0.717, 1.165) is 6.07 Å². The van der Waals surface area contributed by atoms with Crippen molar-refractivity contribution < 1.29 is 26.4 Å². The van der Waals surface area contributed by atoms with Crippen molar-refractivity contribution in [1.82, 2.24) is 9.71 Å². The molecular weight excluding hydrogens is 383 g/mol. The first-order valence-corrected chi connectivity index (χ1v) is 10.3. The van der Waals surface area contributed by atoms with Crippen molar-refractivity contribution in [2.75, 3.05) is 5.32 Å². The number of hydrogen-bond donors (Lipinski definition) is 2. The second-order valence-electron chi connectivity index (χ2n) is 7.14. The molecule has 152 valence electrons. The smallest absolute Gasteiger partial charge is 0.310 e. The van der Waals surface area contributed by atoms with Crippen LogP contribution in [0.5, 0.6) is 0 Å². The van der Waals surface area contributed by atoms with E-state index >= 15 is 0 Å². The van der Waals surface area contributed by atoms with Crippen LogP contribution in [0, 0.1) is 12.8 Å². The number of aromatic nitrogens is 1. The quantitative estimate of drug-likeness (QED) is 0.784. The third-order valence-electron chi connectivity index (χ3n) is 4.70. The van der Waals surface area contributed by atoms with E-state index in [9.17, 15) is 26.4 Å². The Labute approximate surface area is 157 Å². The summed E-state index contributed by atoms with van der Waals surface area (Å²) in [7, 11) is -3.36. The number of alkyl halides is 3. The third kappa shape index (κ3) is 5.65. The molecule has 6 nitrogen and oxygen atoms in total. The van der Waals surface area contributed by atoms with Gasteiger partial charge in [-0.1, -0.05) is 0 Å². The van der Waals surface area contributed by atoms with Crippen LogP contribution in [0.4, 0.5) is 19.0 Å². The lowest BCUT2D eigenvalue weighted by Gasteiger charge is -2.28. The molecule has 0 unspecified atom stereocenters. The average Bonchev–Trinajstić information content (AvgIpc) is 2.55. The van der Waals surface area contributed by atoms with Crippen LogP contribution in [-0.4, -0.2) is 30.6 Å². The fourth-order valence-electron chi connectivity index (χ4n) is 2.92. The summed E-state index contributed by atoms with van der Waals surface area (Å²) in [6, 6.07) is 0.743. The molecule has 0 saturated heterocycles. The molecule has 10 heteroatoms. The number of amides is 1. The van der Waals surface area contributed by atoms with Gasteiger partial charge in [0.25, 0.3) is 0 Å². The van der Waals surface area contributed by atoms with Crippen LogP contribution in [-0.2, 0) is 21.0 Å². The predicted molar refractivity (Wildman–Crippen MR) is 95.5 cm³/mol. The van der Waals surface area contributed by atoms with Crippen molar-refractivity contribution in [2.45, 2.75) is 63.9 Å². The summed E-state index contributed by atoms with van der Waals surface area (Å²) in [5.41, 5.74) is -0.632. The van der Waals surface area contributed by atoms with Gasteiger partial charge in [0.2, 0.25) is 15.9 Å². The van der Waals surface area contributed by atoms with E-state index < -0.39 is 27.0 Å². The number of carbonyl (C=O) groups is 1. The summed E-state index contributed by atoms with van der Waals surface area (Å²) in [5.74, 6) is -0.528. The highest BCUT2D eigenvalue weighted by Gasteiger charge is 2.32. The molecule has 0 radical (unpaired) electrons. The molecule has 27 heavy (non-hydrogen) atoms. The van der Waals surface area contributed by atoms with Crippen molar-refractivity contribution in [3.05, 3.63) is 23.4 Å². The van der Waals surface area contributed by atoms with E-state index in [2.05, 4.69) is 15.0 Å². The summed E-state index contributed by atoms with van der Waals surface area (Å²) < 4.78 is 64.5. The first-order valence-electron chi connectivity index (χ1n) is 8.76. The van der Waals surface area contributed by atoms with Crippen LogP contribution in [0.1, 0.15) is 50.7 Å². The van der Waals surface area contributed by atoms with Crippen molar-refractivity contribution in [2.24, 2.45) is 5.92 Å². The van der Waals surface area contributed by atoms with E-state index in [-0.39, 0.29) is 29.2 Å². The Morgan fingerprint density at radius 3 is 2.30 bits per heavy atom. The van der Waals surface area contributed by atoms with Crippen molar-refractivity contribution in [3.63, 3.8) is 0 Å². The number of pyridine rings is 1. The Morgan fingerprint density at radius 2 is 1.81 bits per heavy atom. The van der Waals surface area contributed by atoms with Crippen LogP contribution < -0.4 is 10.0 Å². The van der Waals surface area contributed by atoms with Gasteiger partial charge in [0, 0.05) is 18.2 Å². The zero-order chi connectivity index (χ0) is 20.4. The Hall–Kier alpha value is -1.68. The van der Waals surface area contributed by atoms with E-state index in [1.165, 1.54) is 6.92 Å². The second kappa shape index (κ2) is 8.14. The summed E-state index contributed by atoms with van der Waals surface area (Å²) in [6.07, 6.45) is -1.73. The van der Waals surface area contributed by atoms with E-state index in [1.807, 2.05) is 0 Å². The normalized spacial score (nSPS) is 21.3. The van der Waals surface area contributed by atoms with Gasteiger partial charge in [-0.15, -0.1) is 0 Å². The minimum Gasteiger partial charge on any atom is -0.310 e. The minimum atomic E-state index is -4.48. The van der Waals surface area contributed by atoms with Gasteiger partial charge in [0.15, 0.2) is 0 Å². The molecule has 1 fully saturated rings. The van der Waals surface area contributed by atoms with E-state index in [4.69, 9.17) is 0 Å². The lowest BCUT2D eigenvalue weighted by atomic mass is 9.86. The molecule has 1 aliphatic rings. The standard InChI is InChI=1S/C17H24F3N3O3S/c1-10(2)27(25,26)23-14-6-4-12(5-7-14)16(24)22-15-11(3)8-13(9-21-15)17(18,19)20/h8-10,12,14,23H,4-7H2,1-3H3,(H,21,22,24). The molecule has 2 N–H and O–H groups in total. The van der Waals surface area contributed by atoms with Crippen LogP contribution >= 0.6 is 0 Å². The van der Waals surface area contributed by atoms with Gasteiger partial charge in [-0.3, -0.25) is 4.79 Å². The SMILES string of the molecule is Cc1cc(C(F)(F)F)cnc1NC(=O)C1CCC(NS(=O)(=O)C(C)C)CC1. The highest BCUT2D eigenvalue weighted by molar-refractivity contribution is 7.90. The second-order valence-corrected chi connectivity index (χ2v) is 9.41. The number of sulfonamides is 1. The van der Waals surface area contributed by atoms with Crippen molar-refractivity contribution in [1.29, 1.82) is 0 Å². The topological polar surface area (TPSA) is 88.2 Å². The molecule has 1 saturated carbocycles. The molecule has 0 aliphatic heterocycles. The molecule has 0 atom stereocenters. The van der Waals surface area contributed by atoms with Gasteiger partial charge in [0.1, 0.15) is 5.82 Å². The average molecular weight is 407 g/mol. The third-order valence-corrected chi connectivity index (χ3v) is 6.60. The summed E-state index contributed by atoms with van der Waals surface area (Å²) in [4.78, 5) is 16.1. The van der Waals surface area contributed by atoms with E-state index in [1.54, 1.807) is 13.8 Å². The van der Waals surface area contributed by atoms with Crippen LogP contribution in [0.3, 0.4) is 0 Å². The van der Waals surface area contributed by atoms with Gasteiger partial charge >= 0.3 is 6.18 Å². The maximum absolute atomic E-state index is 12.7.